The number of nitro groups is 1. The Balaban J connectivity index is 2.35. The zero-order valence-corrected chi connectivity index (χ0v) is 10.4. The number of imide groups is 1. The van der Waals surface area contributed by atoms with E-state index in [1.54, 1.807) is 19.2 Å². The number of nitrogens with one attached hydrogen (secondary N) is 1. The molecule has 0 saturated carbocycles. The van der Waals surface area contributed by atoms with Crippen molar-refractivity contribution in [3.8, 4) is 0 Å². The van der Waals surface area contributed by atoms with Gasteiger partial charge in [-0.05, 0) is 0 Å². The molecule has 0 bridgehead atoms. The molecule has 0 radical (unpaired) electrons. The van der Waals surface area contributed by atoms with Gasteiger partial charge in [0.05, 0.1) is 11.5 Å². The van der Waals surface area contributed by atoms with E-state index in [0.29, 0.717) is 11.3 Å². The smallest absolute Gasteiger partial charge is 0.292 e. The lowest BCUT2D eigenvalue weighted by Gasteiger charge is -2.16. The van der Waals surface area contributed by atoms with E-state index in [4.69, 9.17) is 0 Å². The molecule has 2 amide bonds. The highest BCUT2D eigenvalue weighted by molar-refractivity contribution is 6.02. The number of amides is 2. The first-order valence-electron chi connectivity index (χ1n) is 5.82. The SMILES string of the molecule is CNc1c(CN2C(=O)CCC2=O)cccc1[N+](=O)[O-]. The van der Waals surface area contributed by atoms with Crippen LogP contribution in [0.25, 0.3) is 0 Å². The number of nitro benzene ring substituents is 1. The normalized spacial score (nSPS) is 14.9. The van der Waals surface area contributed by atoms with Gasteiger partial charge < -0.3 is 5.32 Å². The summed E-state index contributed by atoms with van der Waals surface area (Å²) in [6.45, 7) is 0.0650. The Bertz CT molecular complexity index is 540. The van der Waals surface area contributed by atoms with Gasteiger partial charge in [-0.15, -0.1) is 0 Å². The van der Waals surface area contributed by atoms with Crippen LogP contribution in [0.15, 0.2) is 18.2 Å². The van der Waals surface area contributed by atoms with E-state index in [1.807, 2.05) is 0 Å². The first-order chi connectivity index (χ1) is 9.04. The molecule has 7 heteroatoms. The molecule has 1 aromatic carbocycles. The van der Waals surface area contributed by atoms with Crippen molar-refractivity contribution >= 4 is 23.2 Å². The predicted molar refractivity (Wildman–Crippen MR) is 67.4 cm³/mol. The minimum absolute atomic E-state index is 0.0650. The van der Waals surface area contributed by atoms with Crippen molar-refractivity contribution in [3.63, 3.8) is 0 Å². The number of hydrogen-bond donors (Lipinski definition) is 1. The summed E-state index contributed by atoms with van der Waals surface area (Å²) in [5.74, 6) is -0.475. The maximum atomic E-state index is 11.6. The van der Waals surface area contributed by atoms with Crippen LogP contribution < -0.4 is 5.32 Å². The van der Waals surface area contributed by atoms with Crippen molar-refractivity contribution in [3.05, 3.63) is 33.9 Å². The summed E-state index contributed by atoms with van der Waals surface area (Å²) in [5.41, 5.74) is 0.819. The molecule has 7 nitrogen and oxygen atoms in total. The third-order valence-electron chi connectivity index (χ3n) is 3.06. The molecule has 1 fully saturated rings. The second-order valence-electron chi connectivity index (χ2n) is 4.19. The van der Waals surface area contributed by atoms with Gasteiger partial charge in [0.1, 0.15) is 5.69 Å². The molecule has 100 valence electrons. The summed E-state index contributed by atoms with van der Waals surface area (Å²) < 4.78 is 0. The van der Waals surface area contributed by atoms with Gasteiger partial charge in [-0.25, -0.2) is 0 Å². The van der Waals surface area contributed by atoms with Gasteiger partial charge in [0.15, 0.2) is 0 Å². The summed E-state index contributed by atoms with van der Waals surface area (Å²) in [7, 11) is 1.57. The summed E-state index contributed by atoms with van der Waals surface area (Å²) in [5, 5.41) is 13.7. The van der Waals surface area contributed by atoms with Crippen molar-refractivity contribution < 1.29 is 14.5 Å². The topological polar surface area (TPSA) is 92.6 Å². The number of nitrogens with zero attached hydrogens (tertiary/aromatic N) is 2. The number of carbonyl (C=O) groups excluding carboxylic acids is 2. The van der Waals surface area contributed by atoms with Crippen LogP contribution in [0.2, 0.25) is 0 Å². The molecular formula is C12H13N3O4. The summed E-state index contributed by atoms with van der Waals surface area (Å²) in [4.78, 5) is 34.7. The van der Waals surface area contributed by atoms with E-state index in [0.717, 1.165) is 4.90 Å². The van der Waals surface area contributed by atoms with E-state index < -0.39 is 4.92 Å². The van der Waals surface area contributed by atoms with Crippen molar-refractivity contribution in [1.29, 1.82) is 0 Å². The van der Waals surface area contributed by atoms with Crippen LogP contribution in [0.1, 0.15) is 18.4 Å². The van der Waals surface area contributed by atoms with Gasteiger partial charge in [-0.1, -0.05) is 12.1 Å². The second-order valence-corrected chi connectivity index (χ2v) is 4.19. The van der Waals surface area contributed by atoms with Gasteiger partial charge in [0.2, 0.25) is 11.8 Å². The first-order valence-corrected chi connectivity index (χ1v) is 5.82. The number of rotatable bonds is 4. The lowest BCUT2D eigenvalue weighted by molar-refractivity contribution is -0.384. The van der Waals surface area contributed by atoms with E-state index in [1.165, 1.54) is 6.07 Å². The Morgan fingerprint density at radius 2 is 1.95 bits per heavy atom. The molecule has 1 aliphatic heterocycles. The Kier molecular flexibility index (Phi) is 3.46. The summed E-state index contributed by atoms with van der Waals surface area (Å²) in [6.07, 6.45) is 0.422. The third-order valence-corrected chi connectivity index (χ3v) is 3.06. The van der Waals surface area contributed by atoms with Gasteiger partial charge in [0.25, 0.3) is 5.69 Å². The molecular weight excluding hydrogens is 250 g/mol. The van der Waals surface area contributed by atoms with Crippen LogP contribution in [0.3, 0.4) is 0 Å². The largest absolute Gasteiger partial charge is 0.382 e. The van der Waals surface area contributed by atoms with Gasteiger partial charge >= 0.3 is 0 Å². The zero-order chi connectivity index (χ0) is 14.0. The number of hydrogen-bond acceptors (Lipinski definition) is 5. The van der Waals surface area contributed by atoms with Gasteiger partial charge in [-0.2, -0.15) is 0 Å². The molecule has 0 atom stereocenters. The Morgan fingerprint density at radius 3 is 2.47 bits per heavy atom. The lowest BCUT2D eigenvalue weighted by Crippen LogP contribution is -2.28. The summed E-state index contributed by atoms with van der Waals surface area (Å²) in [6, 6.07) is 4.58. The third kappa shape index (κ3) is 2.40. The number of benzene rings is 1. The van der Waals surface area contributed by atoms with Crippen LogP contribution >= 0.6 is 0 Å². The molecule has 0 spiro atoms. The molecule has 2 rings (SSSR count). The molecule has 1 heterocycles. The fourth-order valence-electron chi connectivity index (χ4n) is 2.13. The standard InChI is InChI=1S/C12H13N3O4/c1-13-12-8(3-2-4-9(12)15(18)19)7-14-10(16)5-6-11(14)17/h2-4,13H,5-7H2,1H3. The van der Waals surface area contributed by atoms with Crippen LogP contribution in [-0.2, 0) is 16.1 Å². The average molecular weight is 263 g/mol. The number of para-hydroxylation sites is 1. The molecule has 0 aliphatic carbocycles. The molecule has 0 aromatic heterocycles. The van der Waals surface area contributed by atoms with Crippen LogP contribution in [0.4, 0.5) is 11.4 Å². The highest BCUT2D eigenvalue weighted by Gasteiger charge is 2.30. The Labute approximate surface area is 109 Å². The monoisotopic (exact) mass is 263 g/mol. The molecule has 1 aliphatic rings. The van der Waals surface area contributed by atoms with E-state index >= 15 is 0 Å². The van der Waals surface area contributed by atoms with Crippen molar-refractivity contribution in [2.75, 3.05) is 12.4 Å². The van der Waals surface area contributed by atoms with E-state index in [-0.39, 0.29) is 36.9 Å². The number of carbonyl (C=O) groups is 2. The first kappa shape index (κ1) is 13.0. The quantitative estimate of drug-likeness (QED) is 0.502. The maximum absolute atomic E-state index is 11.6. The predicted octanol–water partition coefficient (Wildman–Crippen LogP) is 1.29. The molecule has 1 aromatic rings. The molecule has 19 heavy (non-hydrogen) atoms. The van der Waals surface area contributed by atoms with Gasteiger partial charge in [-0.3, -0.25) is 24.6 Å². The minimum atomic E-state index is -0.497. The zero-order valence-electron chi connectivity index (χ0n) is 10.4. The maximum Gasteiger partial charge on any atom is 0.292 e. The van der Waals surface area contributed by atoms with Crippen LogP contribution in [0, 0.1) is 10.1 Å². The van der Waals surface area contributed by atoms with Crippen molar-refractivity contribution in [2.45, 2.75) is 19.4 Å². The number of likely N-dealkylation sites (tertiary alicyclic amines) is 1. The number of anilines is 1. The lowest BCUT2D eigenvalue weighted by atomic mass is 10.1. The molecule has 1 saturated heterocycles. The van der Waals surface area contributed by atoms with Crippen LogP contribution in [-0.4, -0.2) is 28.7 Å². The van der Waals surface area contributed by atoms with Gasteiger partial charge in [0, 0.05) is 31.5 Å². The highest BCUT2D eigenvalue weighted by atomic mass is 16.6. The highest BCUT2D eigenvalue weighted by Crippen LogP contribution is 2.29. The molecule has 1 N–H and O–H groups in total. The second kappa shape index (κ2) is 5.05. The van der Waals surface area contributed by atoms with Crippen molar-refractivity contribution in [2.24, 2.45) is 0 Å². The summed E-state index contributed by atoms with van der Waals surface area (Å²) >= 11 is 0. The average Bonchev–Trinajstić information content (AvgIpc) is 2.70. The Hall–Kier alpha value is -2.44. The fraction of sp³-hybridized carbons (Fsp3) is 0.333. The van der Waals surface area contributed by atoms with E-state index in [2.05, 4.69) is 5.32 Å². The van der Waals surface area contributed by atoms with Crippen molar-refractivity contribution in [1.82, 2.24) is 4.90 Å². The Morgan fingerprint density at radius 1 is 1.32 bits per heavy atom. The fourth-order valence-corrected chi connectivity index (χ4v) is 2.13. The van der Waals surface area contributed by atoms with E-state index in [9.17, 15) is 19.7 Å². The minimum Gasteiger partial charge on any atom is -0.382 e. The molecule has 0 unspecified atom stereocenters. The van der Waals surface area contributed by atoms with Crippen LogP contribution in [0.5, 0.6) is 0 Å².